The predicted molar refractivity (Wildman–Crippen MR) is 62.4 cm³/mol. The average molecular weight is 205 g/mol. The van der Waals surface area contributed by atoms with Gasteiger partial charge in [-0.05, 0) is 37.9 Å². The van der Waals surface area contributed by atoms with Crippen molar-refractivity contribution in [1.82, 2.24) is 9.88 Å². The molecule has 3 heteroatoms. The van der Waals surface area contributed by atoms with Crippen LogP contribution in [0.4, 0.5) is 5.82 Å². The first-order chi connectivity index (χ1) is 7.25. The molecule has 0 bridgehead atoms. The molecule has 82 valence electrons. The van der Waals surface area contributed by atoms with Gasteiger partial charge >= 0.3 is 0 Å². The molecule has 0 radical (unpaired) electrons. The molecule has 0 spiro atoms. The lowest BCUT2D eigenvalue weighted by molar-refractivity contribution is 0.152. The van der Waals surface area contributed by atoms with Gasteiger partial charge in [0.15, 0.2) is 0 Å². The maximum absolute atomic E-state index is 5.56. The van der Waals surface area contributed by atoms with Crippen LogP contribution in [0.25, 0.3) is 0 Å². The number of hydrogen-bond donors (Lipinski definition) is 1. The van der Waals surface area contributed by atoms with E-state index in [1.807, 2.05) is 12.3 Å². The molecule has 2 N–H and O–H groups in total. The molecule has 1 saturated heterocycles. The fourth-order valence-electron chi connectivity index (χ4n) is 2.16. The predicted octanol–water partition coefficient (Wildman–Crippen LogP) is 2.04. The molecule has 1 atom stereocenters. The Labute approximate surface area is 91.3 Å². The maximum atomic E-state index is 5.56. The molecule has 0 amide bonds. The fraction of sp³-hybridized carbons (Fsp3) is 0.583. The van der Waals surface area contributed by atoms with E-state index in [0.717, 1.165) is 6.54 Å². The van der Waals surface area contributed by atoms with Crippen LogP contribution >= 0.6 is 0 Å². The minimum Gasteiger partial charge on any atom is -0.384 e. The second-order valence-corrected chi connectivity index (χ2v) is 4.41. The molecule has 1 aliphatic heterocycles. The minimum atomic E-state index is 0.602. The summed E-state index contributed by atoms with van der Waals surface area (Å²) in [6.45, 7) is 4.53. The number of nitrogens with zero attached hydrogens (tertiary/aromatic N) is 2. The van der Waals surface area contributed by atoms with Crippen molar-refractivity contribution in [1.29, 1.82) is 0 Å². The summed E-state index contributed by atoms with van der Waals surface area (Å²) < 4.78 is 0. The zero-order valence-electron chi connectivity index (χ0n) is 9.32. The first-order valence-electron chi connectivity index (χ1n) is 5.70. The van der Waals surface area contributed by atoms with Gasteiger partial charge in [0.05, 0.1) is 0 Å². The van der Waals surface area contributed by atoms with Crippen LogP contribution in [0.2, 0.25) is 0 Å². The van der Waals surface area contributed by atoms with Crippen molar-refractivity contribution < 1.29 is 0 Å². The Hall–Kier alpha value is -1.09. The summed E-state index contributed by atoms with van der Waals surface area (Å²) in [6, 6.07) is 4.66. The molecular weight excluding hydrogens is 186 g/mol. The summed E-state index contributed by atoms with van der Waals surface area (Å²) in [5, 5.41) is 0. The Kier molecular flexibility index (Phi) is 3.21. The molecule has 1 aliphatic rings. The summed E-state index contributed by atoms with van der Waals surface area (Å²) >= 11 is 0. The number of nitrogens with two attached hydrogens (primary N) is 1. The number of piperidine rings is 1. The molecule has 1 aromatic heterocycles. The molecule has 0 aliphatic carbocycles. The number of anilines is 1. The molecule has 15 heavy (non-hydrogen) atoms. The third kappa shape index (κ3) is 2.69. The van der Waals surface area contributed by atoms with Crippen molar-refractivity contribution in [3.8, 4) is 0 Å². The highest BCUT2D eigenvalue weighted by Crippen LogP contribution is 2.18. The maximum Gasteiger partial charge on any atom is 0.123 e. The van der Waals surface area contributed by atoms with Gasteiger partial charge < -0.3 is 5.73 Å². The normalized spacial score (nSPS) is 22.9. The van der Waals surface area contributed by atoms with Crippen molar-refractivity contribution in [2.45, 2.75) is 38.8 Å². The van der Waals surface area contributed by atoms with Crippen LogP contribution in [-0.2, 0) is 6.54 Å². The van der Waals surface area contributed by atoms with Gasteiger partial charge in [-0.2, -0.15) is 0 Å². The van der Waals surface area contributed by atoms with E-state index in [0.29, 0.717) is 11.9 Å². The first-order valence-corrected chi connectivity index (χ1v) is 5.70. The topological polar surface area (TPSA) is 42.1 Å². The lowest BCUT2D eigenvalue weighted by Gasteiger charge is -2.33. The van der Waals surface area contributed by atoms with Gasteiger partial charge in [0.2, 0.25) is 0 Å². The number of pyridine rings is 1. The second-order valence-electron chi connectivity index (χ2n) is 4.41. The third-order valence-corrected chi connectivity index (χ3v) is 3.17. The van der Waals surface area contributed by atoms with E-state index in [9.17, 15) is 0 Å². The molecular formula is C12H19N3. The SMILES string of the molecule is C[C@@H]1CCCCN1Cc1ccc(N)nc1. The van der Waals surface area contributed by atoms with Crippen LogP contribution in [0, 0.1) is 0 Å². The van der Waals surface area contributed by atoms with E-state index in [1.165, 1.54) is 31.4 Å². The molecule has 0 saturated carbocycles. The van der Waals surface area contributed by atoms with Crippen LogP contribution < -0.4 is 5.73 Å². The molecule has 3 nitrogen and oxygen atoms in total. The van der Waals surface area contributed by atoms with Gasteiger partial charge in [-0.1, -0.05) is 12.5 Å². The molecule has 1 aromatic rings. The van der Waals surface area contributed by atoms with E-state index in [2.05, 4.69) is 22.9 Å². The number of nitrogen functional groups attached to an aromatic ring is 1. The first kappa shape index (κ1) is 10.4. The second kappa shape index (κ2) is 4.62. The van der Waals surface area contributed by atoms with Crippen LogP contribution in [0.5, 0.6) is 0 Å². The minimum absolute atomic E-state index is 0.602. The summed E-state index contributed by atoms with van der Waals surface area (Å²) in [7, 11) is 0. The van der Waals surface area contributed by atoms with Crippen LogP contribution in [0.15, 0.2) is 18.3 Å². The number of hydrogen-bond acceptors (Lipinski definition) is 3. The number of likely N-dealkylation sites (tertiary alicyclic amines) is 1. The van der Waals surface area contributed by atoms with Crippen LogP contribution in [0.1, 0.15) is 31.7 Å². The van der Waals surface area contributed by atoms with Crippen molar-refractivity contribution in [2.24, 2.45) is 0 Å². The summed E-state index contributed by atoms with van der Waals surface area (Å²) in [4.78, 5) is 6.65. The lowest BCUT2D eigenvalue weighted by atomic mass is 10.0. The Morgan fingerprint density at radius 2 is 2.33 bits per heavy atom. The molecule has 2 heterocycles. The third-order valence-electron chi connectivity index (χ3n) is 3.17. The Balaban J connectivity index is 1.98. The lowest BCUT2D eigenvalue weighted by Crippen LogP contribution is -2.36. The zero-order valence-corrected chi connectivity index (χ0v) is 9.32. The fourth-order valence-corrected chi connectivity index (χ4v) is 2.16. The van der Waals surface area contributed by atoms with Gasteiger partial charge in [0.25, 0.3) is 0 Å². The highest BCUT2D eigenvalue weighted by Gasteiger charge is 2.17. The van der Waals surface area contributed by atoms with E-state index >= 15 is 0 Å². The number of rotatable bonds is 2. The smallest absolute Gasteiger partial charge is 0.123 e. The Morgan fingerprint density at radius 3 is 3.00 bits per heavy atom. The molecule has 0 aromatic carbocycles. The zero-order chi connectivity index (χ0) is 10.7. The van der Waals surface area contributed by atoms with Crippen molar-refractivity contribution >= 4 is 5.82 Å². The van der Waals surface area contributed by atoms with E-state index in [-0.39, 0.29) is 0 Å². The summed E-state index contributed by atoms with van der Waals surface area (Å²) in [5.74, 6) is 0.602. The largest absolute Gasteiger partial charge is 0.384 e. The average Bonchev–Trinajstić information content (AvgIpc) is 2.25. The van der Waals surface area contributed by atoms with Crippen LogP contribution in [0.3, 0.4) is 0 Å². The van der Waals surface area contributed by atoms with E-state index in [4.69, 9.17) is 5.73 Å². The van der Waals surface area contributed by atoms with Gasteiger partial charge in [-0.15, -0.1) is 0 Å². The van der Waals surface area contributed by atoms with Crippen molar-refractivity contribution in [3.05, 3.63) is 23.9 Å². The Bertz CT molecular complexity index is 307. The standard InChI is InChI=1S/C12H19N3/c1-10-4-2-3-7-15(10)9-11-5-6-12(13)14-8-11/h5-6,8,10H,2-4,7,9H2,1H3,(H2,13,14)/t10-/m1/s1. The van der Waals surface area contributed by atoms with Gasteiger partial charge in [0.1, 0.15) is 5.82 Å². The van der Waals surface area contributed by atoms with Crippen LogP contribution in [-0.4, -0.2) is 22.5 Å². The Morgan fingerprint density at radius 1 is 1.47 bits per heavy atom. The van der Waals surface area contributed by atoms with Crippen molar-refractivity contribution in [2.75, 3.05) is 12.3 Å². The highest BCUT2D eigenvalue weighted by atomic mass is 15.2. The highest BCUT2D eigenvalue weighted by molar-refractivity contribution is 5.29. The quantitative estimate of drug-likeness (QED) is 0.803. The van der Waals surface area contributed by atoms with Gasteiger partial charge in [-0.3, -0.25) is 4.90 Å². The number of aromatic nitrogens is 1. The summed E-state index contributed by atoms with van der Waals surface area (Å²) in [6.07, 6.45) is 5.91. The van der Waals surface area contributed by atoms with Gasteiger partial charge in [0, 0.05) is 18.8 Å². The van der Waals surface area contributed by atoms with E-state index in [1.54, 1.807) is 0 Å². The molecule has 0 unspecified atom stereocenters. The van der Waals surface area contributed by atoms with E-state index < -0.39 is 0 Å². The monoisotopic (exact) mass is 205 g/mol. The summed E-state index contributed by atoms with van der Waals surface area (Å²) in [5.41, 5.74) is 6.82. The molecule has 2 rings (SSSR count). The van der Waals surface area contributed by atoms with Gasteiger partial charge in [-0.25, -0.2) is 4.98 Å². The van der Waals surface area contributed by atoms with Crippen molar-refractivity contribution in [3.63, 3.8) is 0 Å². The molecule has 1 fully saturated rings.